The van der Waals surface area contributed by atoms with Crippen molar-refractivity contribution in [2.75, 3.05) is 20.2 Å². The Morgan fingerprint density at radius 3 is 2.38 bits per heavy atom. The maximum absolute atomic E-state index is 12.4. The Labute approximate surface area is 158 Å². The number of benzene rings is 2. The van der Waals surface area contributed by atoms with Gasteiger partial charge in [-0.1, -0.05) is 29.8 Å². The van der Waals surface area contributed by atoms with Crippen LogP contribution >= 0.6 is 11.6 Å². The Bertz CT molecular complexity index is 826. The second kappa shape index (κ2) is 9.02. The number of hydrogen-bond acceptors (Lipinski definition) is 4. The zero-order chi connectivity index (χ0) is 19.2. The number of nitrogens with zero attached hydrogens (tertiary/aromatic N) is 1. The third-order valence-electron chi connectivity index (χ3n) is 3.64. The standard InChI is InChI=1S/C18H21ClN2O4S/c1-14(20-26(23,24)17-6-4-3-5-7-17)18(22)21(2)12-13-25-16-10-8-15(19)9-11-16/h3-11,14,20H,12-13H2,1-2H3/t14-/m0/s1. The van der Waals surface area contributed by atoms with Crippen molar-refractivity contribution in [1.82, 2.24) is 9.62 Å². The van der Waals surface area contributed by atoms with Crippen molar-refractivity contribution in [2.24, 2.45) is 0 Å². The molecule has 0 fully saturated rings. The van der Waals surface area contributed by atoms with Gasteiger partial charge in [0.25, 0.3) is 0 Å². The number of carbonyl (C=O) groups excluding carboxylic acids is 1. The first kappa shape index (κ1) is 20.2. The van der Waals surface area contributed by atoms with Crippen LogP contribution in [0.1, 0.15) is 6.92 Å². The molecular weight excluding hydrogens is 376 g/mol. The predicted molar refractivity (Wildman–Crippen MR) is 101 cm³/mol. The van der Waals surface area contributed by atoms with Crippen LogP contribution in [0.15, 0.2) is 59.5 Å². The number of carbonyl (C=O) groups is 1. The number of nitrogens with one attached hydrogen (secondary N) is 1. The molecule has 0 aliphatic carbocycles. The first-order valence-electron chi connectivity index (χ1n) is 8.00. The molecule has 0 aromatic heterocycles. The van der Waals surface area contributed by atoms with Gasteiger partial charge in [-0.25, -0.2) is 8.42 Å². The largest absolute Gasteiger partial charge is 0.492 e. The van der Waals surface area contributed by atoms with E-state index in [1.807, 2.05) is 0 Å². The van der Waals surface area contributed by atoms with Crippen LogP contribution in [-0.2, 0) is 14.8 Å². The van der Waals surface area contributed by atoms with E-state index in [0.29, 0.717) is 17.3 Å². The molecule has 0 radical (unpaired) electrons. The molecule has 0 saturated carbocycles. The molecule has 0 aliphatic heterocycles. The zero-order valence-electron chi connectivity index (χ0n) is 14.6. The van der Waals surface area contributed by atoms with Crippen LogP contribution in [0.3, 0.4) is 0 Å². The lowest BCUT2D eigenvalue weighted by atomic mass is 10.3. The summed E-state index contributed by atoms with van der Waals surface area (Å²) in [4.78, 5) is 13.9. The SMILES string of the molecule is C[C@H](NS(=O)(=O)c1ccccc1)C(=O)N(C)CCOc1ccc(Cl)cc1. The second-order valence-corrected chi connectivity index (χ2v) is 7.87. The van der Waals surface area contributed by atoms with E-state index in [0.717, 1.165) is 0 Å². The van der Waals surface area contributed by atoms with Crippen LogP contribution in [0.25, 0.3) is 0 Å². The molecule has 0 aliphatic rings. The van der Waals surface area contributed by atoms with Crippen molar-refractivity contribution >= 4 is 27.5 Å². The third-order valence-corrected chi connectivity index (χ3v) is 5.45. The quantitative estimate of drug-likeness (QED) is 0.744. The lowest BCUT2D eigenvalue weighted by Crippen LogP contribution is -2.46. The highest BCUT2D eigenvalue weighted by molar-refractivity contribution is 7.89. The molecule has 0 unspecified atom stereocenters. The topological polar surface area (TPSA) is 75.7 Å². The second-order valence-electron chi connectivity index (χ2n) is 5.72. The zero-order valence-corrected chi connectivity index (χ0v) is 16.1. The van der Waals surface area contributed by atoms with Gasteiger partial charge >= 0.3 is 0 Å². The average molecular weight is 397 g/mol. The summed E-state index contributed by atoms with van der Waals surface area (Å²) in [5.74, 6) is 0.303. The molecule has 140 valence electrons. The molecule has 2 aromatic carbocycles. The van der Waals surface area contributed by atoms with Crippen LogP contribution in [0.5, 0.6) is 5.75 Å². The Hall–Kier alpha value is -2.09. The van der Waals surface area contributed by atoms with E-state index < -0.39 is 16.1 Å². The van der Waals surface area contributed by atoms with Crippen molar-refractivity contribution in [3.05, 3.63) is 59.6 Å². The van der Waals surface area contributed by atoms with Gasteiger partial charge in [0, 0.05) is 12.1 Å². The van der Waals surface area contributed by atoms with E-state index in [1.165, 1.54) is 24.0 Å². The lowest BCUT2D eigenvalue weighted by Gasteiger charge is -2.22. The minimum absolute atomic E-state index is 0.119. The molecule has 2 aromatic rings. The Kier molecular flexibility index (Phi) is 7.02. The first-order chi connectivity index (χ1) is 12.3. The summed E-state index contributed by atoms with van der Waals surface area (Å²) in [6.07, 6.45) is 0. The van der Waals surface area contributed by atoms with E-state index in [2.05, 4.69) is 4.72 Å². The van der Waals surface area contributed by atoms with Crippen molar-refractivity contribution in [1.29, 1.82) is 0 Å². The summed E-state index contributed by atoms with van der Waals surface area (Å²) in [7, 11) is -2.15. The highest BCUT2D eigenvalue weighted by atomic mass is 35.5. The van der Waals surface area contributed by atoms with E-state index in [9.17, 15) is 13.2 Å². The van der Waals surface area contributed by atoms with Gasteiger partial charge in [0.15, 0.2) is 0 Å². The first-order valence-corrected chi connectivity index (χ1v) is 9.86. The van der Waals surface area contributed by atoms with E-state index in [4.69, 9.17) is 16.3 Å². The summed E-state index contributed by atoms with van der Waals surface area (Å²) in [5, 5.41) is 0.615. The highest BCUT2D eigenvalue weighted by Crippen LogP contribution is 2.15. The van der Waals surface area contributed by atoms with Crippen LogP contribution < -0.4 is 9.46 Å². The van der Waals surface area contributed by atoms with Gasteiger partial charge in [-0.05, 0) is 43.3 Å². The van der Waals surface area contributed by atoms with Gasteiger partial charge in [0.1, 0.15) is 12.4 Å². The molecular formula is C18H21ClN2O4S. The van der Waals surface area contributed by atoms with E-state index in [1.54, 1.807) is 49.5 Å². The Morgan fingerprint density at radius 1 is 1.15 bits per heavy atom. The number of likely N-dealkylation sites (N-methyl/N-ethyl adjacent to an activating group) is 1. The van der Waals surface area contributed by atoms with Gasteiger partial charge in [0.05, 0.1) is 17.5 Å². The smallest absolute Gasteiger partial charge is 0.241 e. The number of ether oxygens (including phenoxy) is 1. The summed E-state index contributed by atoms with van der Waals surface area (Å²) >= 11 is 5.81. The molecule has 1 amide bonds. The number of hydrogen-bond donors (Lipinski definition) is 1. The van der Waals surface area contributed by atoms with Crippen LogP contribution in [0.2, 0.25) is 5.02 Å². The fraction of sp³-hybridized carbons (Fsp3) is 0.278. The van der Waals surface area contributed by atoms with Gasteiger partial charge in [-0.15, -0.1) is 0 Å². The summed E-state index contributed by atoms with van der Waals surface area (Å²) in [6.45, 7) is 2.11. The number of sulfonamides is 1. The number of amides is 1. The monoisotopic (exact) mass is 396 g/mol. The summed E-state index contributed by atoms with van der Waals surface area (Å²) in [6, 6.07) is 13.9. The molecule has 0 spiro atoms. The van der Waals surface area contributed by atoms with Crippen molar-refractivity contribution in [3.8, 4) is 5.75 Å². The normalized spacial score (nSPS) is 12.4. The minimum Gasteiger partial charge on any atom is -0.492 e. The van der Waals surface area contributed by atoms with E-state index in [-0.39, 0.29) is 17.4 Å². The predicted octanol–water partition coefficient (Wildman–Crippen LogP) is 2.54. The molecule has 1 atom stereocenters. The summed E-state index contributed by atoms with van der Waals surface area (Å²) in [5.41, 5.74) is 0. The molecule has 0 heterocycles. The molecule has 6 nitrogen and oxygen atoms in total. The molecule has 26 heavy (non-hydrogen) atoms. The Balaban J connectivity index is 1.85. The van der Waals surface area contributed by atoms with Crippen LogP contribution in [0, 0.1) is 0 Å². The average Bonchev–Trinajstić information content (AvgIpc) is 2.63. The molecule has 2 rings (SSSR count). The van der Waals surface area contributed by atoms with Gasteiger partial charge in [0.2, 0.25) is 15.9 Å². The maximum Gasteiger partial charge on any atom is 0.241 e. The molecule has 0 bridgehead atoms. The van der Waals surface area contributed by atoms with Crippen molar-refractivity contribution < 1.29 is 17.9 Å². The lowest BCUT2D eigenvalue weighted by molar-refractivity contribution is -0.131. The van der Waals surface area contributed by atoms with Crippen LogP contribution in [0.4, 0.5) is 0 Å². The third kappa shape index (κ3) is 5.72. The summed E-state index contributed by atoms with van der Waals surface area (Å²) < 4.78 is 32.5. The van der Waals surface area contributed by atoms with Crippen LogP contribution in [-0.4, -0.2) is 45.5 Å². The Morgan fingerprint density at radius 2 is 1.77 bits per heavy atom. The molecule has 8 heteroatoms. The number of rotatable bonds is 8. The van der Waals surface area contributed by atoms with Gasteiger partial charge < -0.3 is 9.64 Å². The number of halogens is 1. The highest BCUT2D eigenvalue weighted by Gasteiger charge is 2.24. The molecule has 0 saturated heterocycles. The molecule has 1 N–H and O–H groups in total. The van der Waals surface area contributed by atoms with Gasteiger partial charge in [-0.2, -0.15) is 4.72 Å². The van der Waals surface area contributed by atoms with Gasteiger partial charge in [-0.3, -0.25) is 4.79 Å². The van der Waals surface area contributed by atoms with Crippen molar-refractivity contribution in [3.63, 3.8) is 0 Å². The van der Waals surface area contributed by atoms with E-state index >= 15 is 0 Å². The fourth-order valence-corrected chi connectivity index (χ4v) is 3.57. The fourth-order valence-electron chi connectivity index (χ4n) is 2.22. The van der Waals surface area contributed by atoms with Crippen molar-refractivity contribution in [2.45, 2.75) is 17.9 Å². The minimum atomic E-state index is -3.75. The maximum atomic E-state index is 12.4.